The van der Waals surface area contributed by atoms with Gasteiger partial charge < -0.3 is 10.1 Å². The zero-order valence-corrected chi connectivity index (χ0v) is 11.7. The van der Waals surface area contributed by atoms with Crippen molar-refractivity contribution >= 4 is 0 Å². The molecule has 2 rings (SSSR count). The number of nitrogens with zero attached hydrogens (tertiary/aromatic N) is 1. The molecule has 0 aliphatic carbocycles. The van der Waals surface area contributed by atoms with Crippen LogP contribution in [0.1, 0.15) is 46.5 Å². The van der Waals surface area contributed by atoms with Crippen molar-refractivity contribution in [3.8, 4) is 0 Å². The Balaban J connectivity index is 2.03. The Labute approximate surface area is 106 Å². The molecule has 2 fully saturated rings. The summed E-state index contributed by atoms with van der Waals surface area (Å²) in [6.45, 7) is 11.2. The van der Waals surface area contributed by atoms with Gasteiger partial charge in [0, 0.05) is 43.9 Å². The molecule has 0 amide bonds. The molecular formula is C14H28N2O. The van der Waals surface area contributed by atoms with Crippen molar-refractivity contribution in [2.45, 2.75) is 64.1 Å². The molecule has 3 nitrogen and oxygen atoms in total. The summed E-state index contributed by atoms with van der Waals surface area (Å²) in [4.78, 5) is 2.77. The van der Waals surface area contributed by atoms with Crippen LogP contribution in [0.25, 0.3) is 0 Å². The lowest BCUT2D eigenvalue weighted by Gasteiger charge is -2.50. The summed E-state index contributed by atoms with van der Waals surface area (Å²) in [5.41, 5.74) is 0.309. The largest absolute Gasteiger partial charge is 0.381 e. The maximum Gasteiger partial charge on any atom is 0.0480 e. The molecule has 0 bridgehead atoms. The van der Waals surface area contributed by atoms with Crippen LogP contribution in [0, 0.1) is 0 Å². The smallest absolute Gasteiger partial charge is 0.0480 e. The van der Waals surface area contributed by atoms with Gasteiger partial charge in [0.1, 0.15) is 0 Å². The van der Waals surface area contributed by atoms with Gasteiger partial charge in [0.2, 0.25) is 0 Å². The molecule has 1 N–H and O–H groups in total. The molecule has 2 aliphatic rings. The predicted octanol–water partition coefficient (Wildman–Crippen LogP) is 2.02. The molecule has 3 heteroatoms. The van der Waals surface area contributed by atoms with Crippen molar-refractivity contribution in [3.05, 3.63) is 0 Å². The van der Waals surface area contributed by atoms with E-state index < -0.39 is 0 Å². The predicted molar refractivity (Wildman–Crippen MR) is 71.3 cm³/mol. The lowest BCUT2D eigenvalue weighted by Crippen LogP contribution is -2.65. The Morgan fingerprint density at radius 3 is 2.59 bits per heavy atom. The maximum atomic E-state index is 5.50. The van der Waals surface area contributed by atoms with Crippen LogP contribution >= 0.6 is 0 Å². The second-order valence-electron chi connectivity index (χ2n) is 5.87. The van der Waals surface area contributed by atoms with Gasteiger partial charge in [-0.15, -0.1) is 0 Å². The van der Waals surface area contributed by atoms with Crippen LogP contribution in [-0.2, 0) is 4.74 Å². The van der Waals surface area contributed by atoms with Crippen molar-refractivity contribution in [2.24, 2.45) is 0 Å². The van der Waals surface area contributed by atoms with Crippen molar-refractivity contribution < 1.29 is 4.74 Å². The van der Waals surface area contributed by atoms with E-state index in [4.69, 9.17) is 4.74 Å². The third-order valence-corrected chi connectivity index (χ3v) is 4.68. The van der Waals surface area contributed by atoms with E-state index in [0.29, 0.717) is 5.54 Å². The normalized spacial score (nSPS) is 37.2. The number of rotatable bonds is 3. The molecule has 17 heavy (non-hydrogen) atoms. The second kappa shape index (κ2) is 5.68. The summed E-state index contributed by atoms with van der Waals surface area (Å²) in [6, 6.07) is 1.47. The van der Waals surface area contributed by atoms with Crippen molar-refractivity contribution in [1.29, 1.82) is 0 Å². The van der Waals surface area contributed by atoms with Gasteiger partial charge in [-0.2, -0.15) is 0 Å². The molecular weight excluding hydrogens is 212 g/mol. The summed E-state index contributed by atoms with van der Waals surface area (Å²) >= 11 is 0. The molecule has 0 spiro atoms. The van der Waals surface area contributed by atoms with Gasteiger partial charge in [-0.3, -0.25) is 4.90 Å². The highest BCUT2D eigenvalue weighted by Crippen LogP contribution is 2.26. The number of nitrogens with one attached hydrogen (secondary N) is 1. The first kappa shape index (κ1) is 13.3. The quantitative estimate of drug-likeness (QED) is 0.817. The lowest BCUT2D eigenvalue weighted by atomic mass is 9.90. The minimum Gasteiger partial charge on any atom is -0.381 e. The van der Waals surface area contributed by atoms with Gasteiger partial charge in [-0.25, -0.2) is 0 Å². The molecule has 2 atom stereocenters. The van der Waals surface area contributed by atoms with E-state index in [1.54, 1.807) is 0 Å². The van der Waals surface area contributed by atoms with E-state index in [1.165, 1.54) is 32.2 Å². The lowest BCUT2D eigenvalue weighted by molar-refractivity contribution is -0.0151. The monoisotopic (exact) mass is 240 g/mol. The van der Waals surface area contributed by atoms with Crippen LogP contribution in [-0.4, -0.2) is 48.8 Å². The second-order valence-corrected chi connectivity index (χ2v) is 5.87. The van der Waals surface area contributed by atoms with E-state index in [0.717, 1.165) is 31.8 Å². The summed E-state index contributed by atoms with van der Waals surface area (Å²) in [6.07, 6.45) is 4.90. The van der Waals surface area contributed by atoms with E-state index in [-0.39, 0.29) is 0 Å². The summed E-state index contributed by atoms with van der Waals surface area (Å²) < 4.78 is 5.50. The van der Waals surface area contributed by atoms with Crippen LogP contribution in [0.2, 0.25) is 0 Å². The van der Waals surface area contributed by atoms with Crippen LogP contribution in [0.15, 0.2) is 0 Å². The van der Waals surface area contributed by atoms with E-state index >= 15 is 0 Å². The number of hydrogen-bond donors (Lipinski definition) is 1. The van der Waals surface area contributed by atoms with Gasteiger partial charge in [0.25, 0.3) is 0 Å². The van der Waals surface area contributed by atoms with Crippen molar-refractivity contribution in [3.63, 3.8) is 0 Å². The van der Waals surface area contributed by atoms with Gasteiger partial charge in [0.15, 0.2) is 0 Å². The average molecular weight is 240 g/mol. The molecule has 0 aromatic carbocycles. The van der Waals surface area contributed by atoms with Crippen LogP contribution in [0.5, 0.6) is 0 Å². The SMILES string of the molecule is CCC1CNC(C)(CC)CN1C1CCOCC1. The fourth-order valence-corrected chi connectivity index (χ4v) is 3.13. The van der Waals surface area contributed by atoms with Crippen molar-refractivity contribution in [1.82, 2.24) is 10.2 Å². The highest BCUT2D eigenvalue weighted by atomic mass is 16.5. The Bertz CT molecular complexity index is 240. The van der Waals surface area contributed by atoms with E-state index in [2.05, 4.69) is 31.0 Å². The molecule has 2 unspecified atom stereocenters. The van der Waals surface area contributed by atoms with Gasteiger partial charge in [-0.1, -0.05) is 13.8 Å². The molecule has 0 saturated carbocycles. The zero-order chi connectivity index (χ0) is 12.3. The molecule has 0 radical (unpaired) electrons. The summed E-state index contributed by atoms with van der Waals surface area (Å²) in [5.74, 6) is 0. The third-order valence-electron chi connectivity index (χ3n) is 4.68. The Hall–Kier alpha value is -0.120. The van der Waals surface area contributed by atoms with Gasteiger partial charge >= 0.3 is 0 Å². The van der Waals surface area contributed by atoms with Gasteiger partial charge in [0.05, 0.1) is 0 Å². The molecule has 0 aromatic rings. The molecule has 2 saturated heterocycles. The number of ether oxygens (including phenoxy) is 1. The van der Waals surface area contributed by atoms with E-state index in [1.807, 2.05) is 0 Å². The third kappa shape index (κ3) is 3.01. The minimum atomic E-state index is 0.309. The van der Waals surface area contributed by atoms with Crippen LogP contribution in [0.4, 0.5) is 0 Å². The zero-order valence-electron chi connectivity index (χ0n) is 11.7. The number of piperazine rings is 1. The first-order chi connectivity index (χ1) is 8.18. The molecule has 100 valence electrons. The standard InChI is InChI=1S/C14H28N2O/c1-4-12-10-15-14(3,5-2)11-16(12)13-6-8-17-9-7-13/h12-13,15H,4-11H2,1-3H3. The van der Waals surface area contributed by atoms with Crippen molar-refractivity contribution in [2.75, 3.05) is 26.3 Å². The van der Waals surface area contributed by atoms with Crippen LogP contribution < -0.4 is 5.32 Å². The Kier molecular flexibility index (Phi) is 4.45. The Morgan fingerprint density at radius 1 is 1.29 bits per heavy atom. The molecule has 0 aromatic heterocycles. The maximum absolute atomic E-state index is 5.50. The fraction of sp³-hybridized carbons (Fsp3) is 1.00. The average Bonchev–Trinajstić information content (AvgIpc) is 2.40. The highest BCUT2D eigenvalue weighted by molar-refractivity contribution is 4.96. The fourth-order valence-electron chi connectivity index (χ4n) is 3.13. The molecule has 2 aliphatic heterocycles. The van der Waals surface area contributed by atoms with Crippen LogP contribution in [0.3, 0.4) is 0 Å². The first-order valence-electron chi connectivity index (χ1n) is 7.27. The minimum absolute atomic E-state index is 0.309. The molecule has 2 heterocycles. The highest BCUT2D eigenvalue weighted by Gasteiger charge is 2.37. The topological polar surface area (TPSA) is 24.5 Å². The van der Waals surface area contributed by atoms with Gasteiger partial charge in [-0.05, 0) is 32.6 Å². The summed E-state index contributed by atoms with van der Waals surface area (Å²) in [5, 5.41) is 3.74. The van der Waals surface area contributed by atoms with E-state index in [9.17, 15) is 0 Å². The first-order valence-corrected chi connectivity index (χ1v) is 7.27. The number of hydrogen-bond acceptors (Lipinski definition) is 3. The summed E-state index contributed by atoms with van der Waals surface area (Å²) in [7, 11) is 0. The Morgan fingerprint density at radius 2 is 2.00 bits per heavy atom.